The van der Waals surface area contributed by atoms with Crippen molar-refractivity contribution in [2.75, 3.05) is 0 Å². The highest BCUT2D eigenvalue weighted by Gasteiger charge is 2.39. The van der Waals surface area contributed by atoms with E-state index in [-0.39, 0.29) is 11.1 Å². The number of hydrogen-bond donors (Lipinski definition) is 1. The van der Waals surface area contributed by atoms with Crippen molar-refractivity contribution in [1.29, 1.82) is 0 Å². The van der Waals surface area contributed by atoms with Gasteiger partial charge in [0.2, 0.25) is 0 Å². The third-order valence-electron chi connectivity index (χ3n) is 3.25. The Balaban J connectivity index is 2.51. The maximum Gasteiger partial charge on any atom is 0.125 e. The van der Waals surface area contributed by atoms with Crippen molar-refractivity contribution in [3.8, 4) is 5.75 Å². The zero-order chi connectivity index (χ0) is 12.0. The van der Waals surface area contributed by atoms with E-state index in [1.165, 1.54) is 5.56 Å². The number of fused-ring (bicyclic) bond motifs is 1. The predicted molar refractivity (Wildman–Crippen MR) is 66.7 cm³/mol. The minimum atomic E-state index is -0.288. The Kier molecular flexibility index (Phi) is 2.50. The molecule has 1 atom stereocenters. The van der Waals surface area contributed by atoms with Crippen LogP contribution in [0.5, 0.6) is 5.75 Å². The average Bonchev–Trinajstić information content (AvgIpc) is 2.13. The molecule has 0 bridgehead atoms. The highest BCUT2D eigenvalue weighted by molar-refractivity contribution is 5.44. The summed E-state index contributed by atoms with van der Waals surface area (Å²) in [6.45, 7) is 8.43. The van der Waals surface area contributed by atoms with Crippen LogP contribution in [-0.2, 0) is 12.0 Å². The number of hydrogen-bond acceptors (Lipinski definition) is 2. The molecule has 0 saturated heterocycles. The second kappa shape index (κ2) is 3.49. The maximum atomic E-state index is 6.38. The largest absolute Gasteiger partial charge is 0.487 e. The molecule has 2 N–H and O–H groups in total. The summed E-state index contributed by atoms with van der Waals surface area (Å²) in [4.78, 5) is 0. The van der Waals surface area contributed by atoms with Crippen molar-refractivity contribution in [2.45, 2.75) is 51.7 Å². The first-order valence-electron chi connectivity index (χ1n) is 5.95. The van der Waals surface area contributed by atoms with Gasteiger partial charge in [-0.3, -0.25) is 0 Å². The second-order valence-electron chi connectivity index (χ2n) is 5.64. The van der Waals surface area contributed by atoms with Gasteiger partial charge in [0, 0.05) is 17.5 Å². The maximum absolute atomic E-state index is 6.38. The van der Waals surface area contributed by atoms with E-state index in [4.69, 9.17) is 10.5 Å². The van der Waals surface area contributed by atoms with Crippen molar-refractivity contribution in [3.05, 3.63) is 29.3 Å². The van der Waals surface area contributed by atoms with Crippen molar-refractivity contribution >= 4 is 0 Å². The molecule has 1 aromatic rings. The van der Waals surface area contributed by atoms with E-state index >= 15 is 0 Å². The number of ether oxygens (including phenoxy) is 1. The molecule has 1 unspecified atom stereocenters. The summed E-state index contributed by atoms with van der Waals surface area (Å²) < 4.78 is 6.02. The molecular weight excluding hydrogens is 198 g/mol. The molecule has 0 radical (unpaired) electrons. The van der Waals surface area contributed by atoms with Crippen LogP contribution in [0.2, 0.25) is 0 Å². The molecule has 2 rings (SSSR count). The molecule has 0 aliphatic carbocycles. The van der Waals surface area contributed by atoms with Crippen molar-refractivity contribution in [3.63, 3.8) is 0 Å². The standard InChI is InChI=1S/C14H21NO/c1-5-10-6-7-11-12(8-10)16-13(2,3)9-14(11,4)15/h6-8H,5,9,15H2,1-4H3. The van der Waals surface area contributed by atoms with Crippen LogP contribution in [0.1, 0.15) is 45.2 Å². The van der Waals surface area contributed by atoms with Crippen molar-refractivity contribution in [1.82, 2.24) is 0 Å². The number of nitrogens with two attached hydrogens (primary N) is 1. The topological polar surface area (TPSA) is 35.2 Å². The molecule has 0 spiro atoms. The van der Waals surface area contributed by atoms with E-state index in [9.17, 15) is 0 Å². The van der Waals surface area contributed by atoms with Crippen LogP contribution < -0.4 is 10.5 Å². The SMILES string of the molecule is CCc1ccc2c(c1)OC(C)(C)CC2(C)N. The van der Waals surface area contributed by atoms with Gasteiger partial charge >= 0.3 is 0 Å². The van der Waals surface area contributed by atoms with Crippen LogP contribution in [0, 0.1) is 0 Å². The van der Waals surface area contributed by atoms with Crippen LogP contribution in [0.25, 0.3) is 0 Å². The summed E-state index contributed by atoms with van der Waals surface area (Å²) in [5, 5.41) is 0. The average molecular weight is 219 g/mol. The van der Waals surface area contributed by atoms with E-state index in [0.29, 0.717) is 0 Å². The zero-order valence-electron chi connectivity index (χ0n) is 10.6. The lowest BCUT2D eigenvalue weighted by Gasteiger charge is -2.42. The molecule has 88 valence electrons. The fourth-order valence-corrected chi connectivity index (χ4v) is 2.66. The van der Waals surface area contributed by atoms with E-state index in [1.807, 2.05) is 0 Å². The van der Waals surface area contributed by atoms with Crippen LogP contribution in [0.3, 0.4) is 0 Å². The summed E-state index contributed by atoms with van der Waals surface area (Å²) in [5.41, 5.74) is 8.34. The Morgan fingerprint density at radius 1 is 1.31 bits per heavy atom. The normalized spacial score (nSPS) is 27.1. The van der Waals surface area contributed by atoms with Crippen molar-refractivity contribution < 1.29 is 4.74 Å². The zero-order valence-corrected chi connectivity index (χ0v) is 10.6. The molecule has 0 aromatic heterocycles. The first kappa shape index (κ1) is 11.5. The first-order chi connectivity index (χ1) is 7.34. The highest BCUT2D eigenvalue weighted by atomic mass is 16.5. The summed E-state index contributed by atoms with van der Waals surface area (Å²) in [6.07, 6.45) is 1.87. The molecule has 0 saturated carbocycles. The van der Waals surface area contributed by atoms with Crippen LogP contribution in [0.15, 0.2) is 18.2 Å². The molecular formula is C14H21NO. The van der Waals surface area contributed by atoms with E-state index in [2.05, 4.69) is 45.9 Å². The van der Waals surface area contributed by atoms with Crippen LogP contribution >= 0.6 is 0 Å². The Morgan fingerprint density at radius 2 is 2.00 bits per heavy atom. The van der Waals surface area contributed by atoms with E-state index in [0.717, 1.165) is 24.2 Å². The van der Waals surface area contributed by atoms with Gasteiger partial charge in [0.25, 0.3) is 0 Å². The predicted octanol–water partition coefficient (Wildman–Crippen LogP) is 2.98. The first-order valence-corrected chi connectivity index (χ1v) is 5.95. The third-order valence-corrected chi connectivity index (χ3v) is 3.25. The van der Waals surface area contributed by atoms with Gasteiger partial charge in [0.05, 0.1) is 0 Å². The van der Waals surface area contributed by atoms with Gasteiger partial charge in [0.1, 0.15) is 11.4 Å². The monoisotopic (exact) mass is 219 g/mol. The number of aryl methyl sites for hydroxylation is 1. The number of rotatable bonds is 1. The van der Waals surface area contributed by atoms with Gasteiger partial charge in [-0.1, -0.05) is 19.1 Å². The van der Waals surface area contributed by atoms with Crippen LogP contribution in [-0.4, -0.2) is 5.60 Å². The Bertz CT molecular complexity index is 407. The molecule has 1 aliphatic heterocycles. The Labute approximate surface area is 97.8 Å². The summed E-state index contributed by atoms with van der Waals surface area (Å²) in [5.74, 6) is 0.959. The smallest absolute Gasteiger partial charge is 0.125 e. The number of benzene rings is 1. The lowest BCUT2D eigenvalue weighted by atomic mass is 9.79. The fourth-order valence-electron chi connectivity index (χ4n) is 2.66. The minimum Gasteiger partial charge on any atom is -0.487 e. The molecule has 0 amide bonds. The van der Waals surface area contributed by atoms with Gasteiger partial charge in [-0.2, -0.15) is 0 Å². The van der Waals surface area contributed by atoms with E-state index < -0.39 is 0 Å². The summed E-state index contributed by atoms with van der Waals surface area (Å²) in [6, 6.07) is 6.39. The minimum absolute atomic E-state index is 0.178. The molecule has 1 aliphatic rings. The lowest BCUT2D eigenvalue weighted by Crippen LogP contribution is -2.47. The molecule has 2 nitrogen and oxygen atoms in total. The molecule has 2 heteroatoms. The third kappa shape index (κ3) is 1.94. The van der Waals surface area contributed by atoms with Gasteiger partial charge in [0.15, 0.2) is 0 Å². The fraction of sp³-hybridized carbons (Fsp3) is 0.571. The Morgan fingerprint density at radius 3 is 2.62 bits per heavy atom. The molecule has 1 heterocycles. The van der Waals surface area contributed by atoms with Gasteiger partial charge in [-0.05, 0) is 38.8 Å². The summed E-state index contributed by atoms with van der Waals surface area (Å²) >= 11 is 0. The van der Waals surface area contributed by atoms with Gasteiger partial charge in [-0.15, -0.1) is 0 Å². The highest BCUT2D eigenvalue weighted by Crippen LogP contribution is 2.42. The van der Waals surface area contributed by atoms with Gasteiger partial charge in [-0.25, -0.2) is 0 Å². The van der Waals surface area contributed by atoms with Gasteiger partial charge < -0.3 is 10.5 Å². The van der Waals surface area contributed by atoms with E-state index in [1.54, 1.807) is 0 Å². The second-order valence-corrected chi connectivity index (χ2v) is 5.64. The van der Waals surface area contributed by atoms with Crippen LogP contribution in [0.4, 0.5) is 0 Å². The molecule has 0 fully saturated rings. The Hall–Kier alpha value is -1.02. The molecule has 16 heavy (non-hydrogen) atoms. The quantitative estimate of drug-likeness (QED) is 0.788. The molecule has 1 aromatic carbocycles. The lowest BCUT2D eigenvalue weighted by molar-refractivity contribution is 0.0502. The summed E-state index contributed by atoms with van der Waals surface area (Å²) in [7, 11) is 0. The van der Waals surface area contributed by atoms with Crippen molar-refractivity contribution in [2.24, 2.45) is 5.73 Å².